The van der Waals surface area contributed by atoms with Crippen LogP contribution in [0, 0.1) is 0 Å². The van der Waals surface area contributed by atoms with Gasteiger partial charge < -0.3 is 0 Å². The summed E-state index contributed by atoms with van der Waals surface area (Å²) < 4.78 is 4.34. The molecule has 0 bridgehead atoms. The summed E-state index contributed by atoms with van der Waals surface area (Å²) in [5, 5.41) is 4.61. The molecule has 5 nitrogen and oxygen atoms in total. The van der Waals surface area contributed by atoms with E-state index in [9.17, 15) is 0 Å². The van der Waals surface area contributed by atoms with Gasteiger partial charge in [-0.3, -0.25) is 9.13 Å². The topological polar surface area (TPSA) is 48.5 Å². The molecule has 0 saturated carbocycles. The van der Waals surface area contributed by atoms with Gasteiger partial charge in [-0.25, -0.2) is 0 Å². The Bertz CT molecular complexity index is 3360. The summed E-state index contributed by atoms with van der Waals surface area (Å²) in [5.74, 6) is 1.73. The molecule has 0 spiro atoms. The summed E-state index contributed by atoms with van der Waals surface area (Å²) >= 11 is 0. The van der Waals surface area contributed by atoms with Crippen LogP contribution in [0.2, 0.25) is 0 Å². The van der Waals surface area contributed by atoms with E-state index in [-0.39, 0.29) is 0 Å². The lowest BCUT2D eigenvalue weighted by molar-refractivity contribution is 0.893. The summed E-state index contributed by atoms with van der Waals surface area (Å²) in [7, 11) is 0. The lowest BCUT2D eigenvalue weighted by Gasteiger charge is -2.13. The Morgan fingerprint density at radius 2 is 0.516 bits per heavy atom. The van der Waals surface area contributed by atoms with E-state index in [1.165, 1.54) is 33.4 Å². The predicted molar refractivity (Wildman–Crippen MR) is 256 cm³/mol. The summed E-state index contributed by atoms with van der Waals surface area (Å²) in [5.41, 5.74) is 14.5. The lowest BCUT2D eigenvalue weighted by atomic mass is 9.96. The molecule has 0 N–H and O–H groups in total. The SMILES string of the molecule is c1ccc(-c2ccc(-c3ccc(-c4ccc(-c5cccc(-c6nc(-n7c8ccccc8c8ccccc87)nc(-n7c8ccccc8c8ccccc87)n6)c5)cc4)cc3)cc2)cc1. The molecule has 3 aromatic heterocycles. The van der Waals surface area contributed by atoms with Gasteiger partial charge in [0, 0.05) is 27.1 Å². The first-order valence-corrected chi connectivity index (χ1v) is 20.9. The van der Waals surface area contributed by atoms with Crippen molar-refractivity contribution in [2.24, 2.45) is 0 Å². The van der Waals surface area contributed by atoms with Gasteiger partial charge in [0.2, 0.25) is 11.9 Å². The zero-order chi connectivity index (χ0) is 41.0. The standard InChI is InChI=1S/C57H37N5/c1-2-13-38(14-3-1)39-25-27-40(28-26-39)41-29-31-42(32-30-41)43-33-35-44(36-34-43)45-15-12-16-46(37-45)55-58-56(61-51-21-8-4-17-47(51)48-18-5-9-22-52(48)61)60-57(59-55)62-53-23-10-6-19-49(53)50-20-7-11-24-54(50)62/h1-37H. The zero-order valence-corrected chi connectivity index (χ0v) is 33.6. The number of benzene rings is 9. The molecule has 3 heterocycles. The quantitative estimate of drug-likeness (QED) is 0.162. The highest BCUT2D eigenvalue weighted by Gasteiger charge is 2.20. The van der Waals surface area contributed by atoms with Crippen molar-refractivity contribution in [2.75, 3.05) is 0 Å². The molecule has 0 atom stereocenters. The Morgan fingerprint density at radius 3 is 0.903 bits per heavy atom. The maximum absolute atomic E-state index is 5.30. The molecule has 0 fully saturated rings. The van der Waals surface area contributed by atoms with E-state index in [2.05, 4.69) is 234 Å². The van der Waals surface area contributed by atoms with Crippen LogP contribution in [-0.2, 0) is 0 Å². The van der Waals surface area contributed by atoms with E-state index in [0.29, 0.717) is 17.7 Å². The molecule has 0 aliphatic heterocycles. The Kier molecular flexibility index (Phi) is 8.42. The second-order valence-corrected chi connectivity index (χ2v) is 15.7. The average molecular weight is 792 g/mol. The van der Waals surface area contributed by atoms with Crippen molar-refractivity contribution in [2.45, 2.75) is 0 Å². The van der Waals surface area contributed by atoms with E-state index < -0.39 is 0 Å². The minimum absolute atomic E-state index is 0.564. The highest BCUT2D eigenvalue weighted by atomic mass is 15.3. The number of hydrogen-bond acceptors (Lipinski definition) is 3. The van der Waals surface area contributed by atoms with Crippen LogP contribution in [0.5, 0.6) is 0 Å². The normalized spacial score (nSPS) is 11.5. The number of rotatable bonds is 7. The van der Waals surface area contributed by atoms with Crippen molar-refractivity contribution in [3.8, 4) is 67.8 Å². The smallest absolute Gasteiger partial charge is 0.240 e. The summed E-state index contributed by atoms with van der Waals surface area (Å²) in [6.45, 7) is 0. The summed E-state index contributed by atoms with van der Waals surface area (Å²) in [6, 6.07) is 79.3. The van der Waals surface area contributed by atoms with Crippen molar-refractivity contribution >= 4 is 43.6 Å². The molecule has 12 aromatic rings. The minimum Gasteiger partial charge on any atom is -0.278 e. The van der Waals surface area contributed by atoms with Gasteiger partial charge in [0.1, 0.15) is 0 Å². The van der Waals surface area contributed by atoms with Gasteiger partial charge in [-0.15, -0.1) is 0 Å². The largest absolute Gasteiger partial charge is 0.278 e. The molecule has 0 unspecified atom stereocenters. The monoisotopic (exact) mass is 791 g/mol. The van der Waals surface area contributed by atoms with Crippen molar-refractivity contribution in [1.82, 2.24) is 24.1 Å². The molecular weight excluding hydrogens is 755 g/mol. The van der Waals surface area contributed by atoms with E-state index in [4.69, 9.17) is 15.0 Å². The van der Waals surface area contributed by atoms with Gasteiger partial charge in [-0.05, 0) is 74.8 Å². The average Bonchev–Trinajstić information content (AvgIpc) is 3.88. The lowest BCUT2D eigenvalue weighted by Crippen LogP contribution is -2.10. The number of hydrogen-bond donors (Lipinski definition) is 0. The molecule has 9 aromatic carbocycles. The first kappa shape index (κ1) is 35.5. The summed E-state index contributed by atoms with van der Waals surface area (Å²) in [4.78, 5) is 15.9. The fourth-order valence-corrected chi connectivity index (χ4v) is 8.99. The van der Waals surface area contributed by atoms with Crippen LogP contribution in [-0.4, -0.2) is 24.1 Å². The third-order valence-corrected chi connectivity index (χ3v) is 12.1. The molecule has 0 aliphatic carbocycles. The van der Waals surface area contributed by atoms with Gasteiger partial charge in [0.25, 0.3) is 0 Å². The fraction of sp³-hybridized carbons (Fsp3) is 0. The van der Waals surface area contributed by atoms with Crippen LogP contribution in [0.25, 0.3) is 111 Å². The van der Waals surface area contributed by atoms with Crippen LogP contribution in [0.15, 0.2) is 224 Å². The second-order valence-electron chi connectivity index (χ2n) is 15.7. The molecule has 0 radical (unpaired) electrons. The van der Waals surface area contributed by atoms with Crippen molar-refractivity contribution < 1.29 is 0 Å². The van der Waals surface area contributed by atoms with Crippen molar-refractivity contribution in [3.63, 3.8) is 0 Å². The first-order chi connectivity index (χ1) is 30.7. The molecule has 62 heavy (non-hydrogen) atoms. The first-order valence-electron chi connectivity index (χ1n) is 20.9. The predicted octanol–water partition coefficient (Wildman–Crippen LogP) is 14.4. The second kappa shape index (κ2) is 14.7. The highest BCUT2D eigenvalue weighted by Crippen LogP contribution is 2.36. The van der Waals surface area contributed by atoms with E-state index >= 15 is 0 Å². The zero-order valence-electron chi connectivity index (χ0n) is 33.6. The fourth-order valence-electron chi connectivity index (χ4n) is 8.99. The molecule has 0 saturated heterocycles. The van der Waals surface area contributed by atoms with Gasteiger partial charge in [-0.2, -0.15) is 15.0 Å². The van der Waals surface area contributed by atoms with Gasteiger partial charge in [0.05, 0.1) is 22.1 Å². The Morgan fingerprint density at radius 1 is 0.226 bits per heavy atom. The minimum atomic E-state index is 0.564. The summed E-state index contributed by atoms with van der Waals surface area (Å²) in [6.07, 6.45) is 0. The van der Waals surface area contributed by atoms with Crippen molar-refractivity contribution in [1.29, 1.82) is 0 Å². The molecule has 0 aliphatic rings. The molecular formula is C57H37N5. The van der Waals surface area contributed by atoms with Crippen LogP contribution >= 0.6 is 0 Å². The van der Waals surface area contributed by atoms with Crippen LogP contribution in [0.1, 0.15) is 0 Å². The Balaban J connectivity index is 0.923. The maximum atomic E-state index is 5.30. The van der Waals surface area contributed by atoms with Gasteiger partial charge >= 0.3 is 0 Å². The van der Waals surface area contributed by atoms with E-state index in [1.807, 2.05) is 0 Å². The number of fused-ring (bicyclic) bond motifs is 6. The number of aromatic nitrogens is 5. The number of para-hydroxylation sites is 4. The van der Waals surface area contributed by atoms with Gasteiger partial charge in [-0.1, -0.05) is 194 Å². The molecule has 5 heteroatoms. The van der Waals surface area contributed by atoms with E-state index in [0.717, 1.165) is 60.3 Å². The van der Waals surface area contributed by atoms with Gasteiger partial charge in [0.15, 0.2) is 5.82 Å². The van der Waals surface area contributed by atoms with E-state index in [1.54, 1.807) is 0 Å². The molecule has 12 rings (SSSR count). The molecule has 290 valence electrons. The highest BCUT2D eigenvalue weighted by molar-refractivity contribution is 6.10. The third kappa shape index (κ3) is 6.06. The Hall–Kier alpha value is -8.41. The van der Waals surface area contributed by atoms with Crippen LogP contribution < -0.4 is 0 Å². The van der Waals surface area contributed by atoms with Crippen LogP contribution in [0.4, 0.5) is 0 Å². The number of nitrogens with zero attached hydrogens (tertiary/aromatic N) is 5. The maximum Gasteiger partial charge on any atom is 0.240 e. The Labute approximate surface area is 358 Å². The van der Waals surface area contributed by atoms with Crippen LogP contribution in [0.3, 0.4) is 0 Å². The van der Waals surface area contributed by atoms with Crippen molar-refractivity contribution in [3.05, 3.63) is 224 Å². The third-order valence-electron chi connectivity index (χ3n) is 12.1. The molecule has 0 amide bonds.